The standard InChI is InChI=1S/C14H16F3NO3/c1-9-3-2-4-10(7-9)5-6-12(19)18-11(13(20)21)8-14(15,16)17/h2-4,7,11H,5-6,8H2,1H3,(H,18,19)(H,20,21). The highest BCUT2D eigenvalue weighted by Gasteiger charge is 2.36. The Morgan fingerprint density at radius 3 is 2.52 bits per heavy atom. The second-order valence-corrected chi connectivity index (χ2v) is 4.77. The maximum atomic E-state index is 12.2. The first-order chi connectivity index (χ1) is 9.67. The van der Waals surface area contributed by atoms with Crippen molar-refractivity contribution in [3.05, 3.63) is 35.4 Å². The first-order valence-electron chi connectivity index (χ1n) is 6.32. The molecule has 0 saturated carbocycles. The summed E-state index contributed by atoms with van der Waals surface area (Å²) in [4.78, 5) is 22.3. The SMILES string of the molecule is Cc1cccc(CCC(=O)NC(CC(F)(F)F)C(=O)O)c1. The molecule has 116 valence electrons. The van der Waals surface area contributed by atoms with Gasteiger partial charge in [0.2, 0.25) is 5.91 Å². The number of carboxylic acid groups (broad SMARTS) is 1. The van der Waals surface area contributed by atoms with Crippen LogP contribution >= 0.6 is 0 Å². The van der Waals surface area contributed by atoms with Crippen molar-refractivity contribution < 1.29 is 27.9 Å². The number of carboxylic acids is 1. The molecule has 0 fully saturated rings. The fourth-order valence-corrected chi connectivity index (χ4v) is 1.82. The van der Waals surface area contributed by atoms with E-state index in [9.17, 15) is 22.8 Å². The van der Waals surface area contributed by atoms with E-state index in [0.29, 0.717) is 6.42 Å². The molecule has 0 bridgehead atoms. The van der Waals surface area contributed by atoms with Gasteiger partial charge < -0.3 is 10.4 Å². The third-order valence-corrected chi connectivity index (χ3v) is 2.79. The summed E-state index contributed by atoms with van der Waals surface area (Å²) in [6.45, 7) is 1.88. The van der Waals surface area contributed by atoms with Crippen LogP contribution in [-0.4, -0.2) is 29.2 Å². The molecule has 4 nitrogen and oxygen atoms in total. The predicted octanol–water partition coefficient (Wildman–Crippen LogP) is 2.45. The Labute approximate surface area is 120 Å². The smallest absolute Gasteiger partial charge is 0.391 e. The van der Waals surface area contributed by atoms with Crippen LogP contribution in [0.15, 0.2) is 24.3 Å². The van der Waals surface area contributed by atoms with Crippen LogP contribution in [0.1, 0.15) is 24.0 Å². The molecule has 0 aliphatic carbocycles. The maximum absolute atomic E-state index is 12.2. The Bertz CT molecular complexity index is 514. The number of hydrogen-bond acceptors (Lipinski definition) is 2. The summed E-state index contributed by atoms with van der Waals surface area (Å²) in [5, 5.41) is 10.6. The van der Waals surface area contributed by atoms with E-state index in [0.717, 1.165) is 11.1 Å². The number of halogens is 3. The molecule has 7 heteroatoms. The number of amides is 1. The Morgan fingerprint density at radius 2 is 2.00 bits per heavy atom. The number of nitrogens with one attached hydrogen (secondary N) is 1. The largest absolute Gasteiger partial charge is 0.480 e. The average Bonchev–Trinajstić information content (AvgIpc) is 2.34. The van der Waals surface area contributed by atoms with Crippen LogP contribution in [0.5, 0.6) is 0 Å². The molecule has 0 aromatic heterocycles. The molecule has 0 aliphatic heterocycles. The minimum Gasteiger partial charge on any atom is -0.480 e. The summed E-state index contributed by atoms with van der Waals surface area (Å²) in [5.74, 6) is -2.41. The second kappa shape index (κ2) is 7.10. The van der Waals surface area contributed by atoms with Crippen molar-refractivity contribution in [2.45, 2.75) is 38.4 Å². The van der Waals surface area contributed by atoms with Gasteiger partial charge in [0.15, 0.2) is 0 Å². The molecular weight excluding hydrogens is 287 g/mol. The van der Waals surface area contributed by atoms with Crippen molar-refractivity contribution in [1.82, 2.24) is 5.32 Å². The molecule has 1 aromatic carbocycles. The molecule has 0 aliphatic rings. The highest BCUT2D eigenvalue weighted by Crippen LogP contribution is 2.21. The van der Waals surface area contributed by atoms with E-state index in [1.165, 1.54) is 0 Å². The number of carbonyl (C=O) groups is 2. The Hall–Kier alpha value is -2.05. The lowest BCUT2D eigenvalue weighted by atomic mass is 10.1. The predicted molar refractivity (Wildman–Crippen MR) is 69.7 cm³/mol. The summed E-state index contributed by atoms with van der Waals surface area (Å²) in [6, 6.07) is 5.40. The Morgan fingerprint density at radius 1 is 1.33 bits per heavy atom. The van der Waals surface area contributed by atoms with Gasteiger partial charge in [-0.2, -0.15) is 13.2 Å². The molecule has 2 N–H and O–H groups in total. The molecule has 0 saturated heterocycles. The summed E-state index contributed by atoms with van der Waals surface area (Å²) < 4.78 is 36.6. The van der Waals surface area contributed by atoms with Crippen molar-refractivity contribution in [2.75, 3.05) is 0 Å². The quantitative estimate of drug-likeness (QED) is 0.848. The summed E-state index contributed by atoms with van der Waals surface area (Å²) in [6.07, 6.45) is -5.96. The third-order valence-electron chi connectivity index (χ3n) is 2.79. The van der Waals surface area contributed by atoms with E-state index in [-0.39, 0.29) is 6.42 Å². The number of alkyl halides is 3. The van der Waals surface area contributed by atoms with Crippen molar-refractivity contribution in [2.24, 2.45) is 0 Å². The Kier molecular flexibility index (Phi) is 5.75. The van der Waals surface area contributed by atoms with Gasteiger partial charge in [-0.1, -0.05) is 29.8 Å². The first-order valence-corrected chi connectivity index (χ1v) is 6.32. The normalized spacial score (nSPS) is 12.8. The third kappa shape index (κ3) is 6.78. The van der Waals surface area contributed by atoms with Gasteiger partial charge in [0, 0.05) is 6.42 Å². The number of aliphatic carboxylic acids is 1. The topological polar surface area (TPSA) is 66.4 Å². The number of hydrogen-bond donors (Lipinski definition) is 2. The van der Waals surface area contributed by atoms with Gasteiger partial charge in [0.25, 0.3) is 0 Å². The molecule has 1 atom stereocenters. The van der Waals surface area contributed by atoms with Gasteiger partial charge >= 0.3 is 12.1 Å². The molecule has 0 spiro atoms. The first kappa shape index (κ1) is 17.0. The fourth-order valence-electron chi connectivity index (χ4n) is 1.82. The summed E-state index contributed by atoms with van der Waals surface area (Å²) in [5.41, 5.74) is 1.88. The summed E-state index contributed by atoms with van der Waals surface area (Å²) >= 11 is 0. The van der Waals surface area contributed by atoms with Crippen LogP contribution in [0.3, 0.4) is 0 Å². The van der Waals surface area contributed by atoms with E-state index in [4.69, 9.17) is 5.11 Å². The van der Waals surface area contributed by atoms with Crippen LogP contribution in [-0.2, 0) is 16.0 Å². The zero-order chi connectivity index (χ0) is 16.0. The number of carbonyl (C=O) groups excluding carboxylic acids is 1. The molecular formula is C14H16F3NO3. The number of aryl methyl sites for hydroxylation is 2. The highest BCUT2D eigenvalue weighted by atomic mass is 19.4. The van der Waals surface area contributed by atoms with E-state index in [1.807, 2.05) is 30.4 Å². The monoisotopic (exact) mass is 303 g/mol. The highest BCUT2D eigenvalue weighted by molar-refractivity contribution is 5.83. The second-order valence-electron chi connectivity index (χ2n) is 4.77. The zero-order valence-electron chi connectivity index (χ0n) is 11.4. The van der Waals surface area contributed by atoms with E-state index < -0.39 is 30.5 Å². The lowest BCUT2D eigenvalue weighted by molar-refractivity contribution is -0.160. The van der Waals surface area contributed by atoms with E-state index in [1.54, 1.807) is 6.07 Å². The molecule has 21 heavy (non-hydrogen) atoms. The van der Waals surface area contributed by atoms with Crippen LogP contribution < -0.4 is 5.32 Å². The lowest BCUT2D eigenvalue weighted by Gasteiger charge is -2.16. The molecule has 1 rings (SSSR count). The van der Waals surface area contributed by atoms with E-state index >= 15 is 0 Å². The maximum Gasteiger partial charge on any atom is 0.391 e. The van der Waals surface area contributed by atoms with Crippen molar-refractivity contribution in [1.29, 1.82) is 0 Å². The molecule has 1 amide bonds. The van der Waals surface area contributed by atoms with Crippen molar-refractivity contribution in [3.8, 4) is 0 Å². The van der Waals surface area contributed by atoms with Gasteiger partial charge in [-0.15, -0.1) is 0 Å². The fraction of sp³-hybridized carbons (Fsp3) is 0.429. The van der Waals surface area contributed by atoms with Gasteiger partial charge in [0.1, 0.15) is 6.04 Å². The molecule has 0 heterocycles. The van der Waals surface area contributed by atoms with Gasteiger partial charge in [0.05, 0.1) is 6.42 Å². The number of benzene rings is 1. The minimum absolute atomic E-state index is 0.0644. The van der Waals surface area contributed by atoms with Crippen LogP contribution in [0.4, 0.5) is 13.2 Å². The van der Waals surface area contributed by atoms with Crippen LogP contribution in [0, 0.1) is 6.92 Å². The average molecular weight is 303 g/mol. The van der Waals surface area contributed by atoms with Gasteiger partial charge in [-0.3, -0.25) is 4.79 Å². The van der Waals surface area contributed by atoms with Gasteiger partial charge in [-0.05, 0) is 18.9 Å². The van der Waals surface area contributed by atoms with Crippen molar-refractivity contribution >= 4 is 11.9 Å². The van der Waals surface area contributed by atoms with E-state index in [2.05, 4.69) is 0 Å². The van der Waals surface area contributed by atoms with Crippen molar-refractivity contribution in [3.63, 3.8) is 0 Å². The minimum atomic E-state index is -4.65. The Balaban J connectivity index is 2.53. The molecule has 1 aromatic rings. The summed E-state index contributed by atoms with van der Waals surface area (Å²) in [7, 11) is 0. The van der Waals surface area contributed by atoms with Crippen LogP contribution in [0.2, 0.25) is 0 Å². The molecule has 0 radical (unpaired) electrons. The lowest BCUT2D eigenvalue weighted by Crippen LogP contribution is -2.43. The van der Waals surface area contributed by atoms with Crippen LogP contribution in [0.25, 0.3) is 0 Å². The zero-order valence-corrected chi connectivity index (χ0v) is 11.4. The molecule has 1 unspecified atom stereocenters. The number of rotatable bonds is 6. The van der Waals surface area contributed by atoms with Gasteiger partial charge in [-0.25, -0.2) is 4.79 Å².